The molecule has 0 aromatic heterocycles. The van der Waals surface area contributed by atoms with E-state index in [2.05, 4.69) is 56.9 Å². The molecule has 1 aliphatic rings. The Kier molecular flexibility index (Phi) is 5.42. The zero-order valence-corrected chi connectivity index (χ0v) is 13.8. The summed E-state index contributed by atoms with van der Waals surface area (Å²) in [5.41, 5.74) is 2.37. The Bertz CT molecular complexity index is 454. The Labute approximate surface area is 128 Å². The molecule has 0 saturated carbocycles. The number of benzene rings is 1. The molecule has 1 N–H and O–H groups in total. The summed E-state index contributed by atoms with van der Waals surface area (Å²) in [7, 11) is 0. The lowest BCUT2D eigenvalue weighted by atomic mass is 9.86. The third-order valence-corrected chi connectivity index (χ3v) is 4.92. The van der Waals surface area contributed by atoms with Crippen molar-refractivity contribution in [3.8, 4) is 0 Å². The molecule has 1 aromatic rings. The summed E-state index contributed by atoms with van der Waals surface area (Å²) in [6.07, 6.45) is 1.23. The van der Waals surface area contributed by atoms with Gasteiger partial charge in [-0.2, -0.15) is 0 Å². The van der Waals surface area contributed by atoms with Gasteiger partial charge < -0.3 is 9.84 Å². The van der Waals surface area contributed by atoms with Crippen molar-refractivity contribution in [3.63, 3.8) is 0 Å². The van der Waals surface area contributed by atoms with Crippen LogP contribution in [0, 0.1) is 0 Å². The molecule has 1 aliphatic heterocycles. The van der Waals surface area contributed by atoms with Gasteiger partial charge in [0.15, 0.2) is 0 Å². The first-order valence-electron chi connectivity index (χ1n) is 8.13. The van der Waals surface area contributed by atoms with Gasteiger partial charge in [0.25, 0.3) is 0 Å². The summed E-state index contributed by atoms with van der Waals surface area (Å²) in [5.74, 6) is 0. The molecule has 0 amide bonds. The molecule has 0 bridgehead atoms. The fourth-order valence-electron chi connectivity index (χ4n) is 3.41. The standard InChI is InChI=1S/C18H29NO2/c1-5-19(6-2)18(3,4)17(20)13-16-15-10-8-7-9-14(15)11-12-21-16/h7-10,16-17,20H,5-6,11-13H2,1-4H3. The molecule has 2 rings (SSSR count). The van der Waals surface area contributed by atoms with Crippen LogP contribution in [0.1, 0.15) is 51.3 Å². The number of aliphatic hydroxyl groups is 1. The summed E-state index contributed by atoms with van der Waals surface area (Å²) >= 11 is 0. The molecule has 0 saturated heterocycles. The van der Waals surface area contributed by atoms with Crippen LogP contribution in [0.25, 0.3) is 0 Å². The minimum absolute atomic E-state index is 0.0137. The molecule has 1 aromatic carbocycles. The molecule has 118 valence electrons. The average molecular weight is 291 g/mol. The van der Waals surface area contributed by atoms with E-state index in [1.807, 2.05) is 0 Å². The molecule has 0 fully saturated rings. The van der Waals surface area contributed by atoms with E-state index in [0.29, 0.717) is 6.42 Å². The molecule has 0 radical (unpaired) electrons. The maximum Gasteiger partial charge on any atom is 0.0853 e. The van der Waals surface area contributed by atoms with E-state index in [9.17, 15) is 5.11 Å². The lowest BCUT2D eigenvalue weighted by molar-refractivity contribution is -0.0530. The topological polar surface area (TPSA) is 32.7 Å². The monoisotopic (exact) mass is 291 g/mol. The quantitative estimate of drug-likeness (QED) is 0.874. The highest BCUT2D eigenvalue weighted by Gasteiger charge is 2.35. The van der Waals surface area contributed by atoms with Crippen LogP contribution in [0.5, 0.6) is 0 Å². The first-order chi connectivity index (χ1) is 10.0. The van der Waals surface area contributed by atoms with Gasteiger partial charge >= 0.3 is 0 Å². The van der Waals surface area contributed by atoms with E-state index < -0.39 is 6.10 Å². The second-order valence-electron chi connectivity index (χ2n) is 6.39. The Morgan fingerprint density at radius 3 is 2.62 bits per heavy atom. The van der Waals surface area contributed by atoms with Crippen molar-refractivity contribution in [1.29, 1.82) is 0 Å². The predicted molar refractivity (Wildman–Crippen MR) is 86.5 cm³/mol. The summed E-state index contributed by atoms with van der Waals surface area (Å²) < 4.78 is 5.94. The van der Waals surface area contributed by atoms with E-state index in [0.717, 1.165) is 26.1 Å². The summed E-state index contributed by atoms with van der Waals surface area (Å²) in [6.45, 7) is 11.2. The highest BCUT2D eigenvalue weighted by Crippen LogP contribution is 2.33. The van der Waals surface area contributed by atoms with E-state index >= 15 is 0 Å². The number of hydrogen-bond acceptors (Lipinski definition) is 3. The zero-order chi connectivity index (χ0) is 15.5. The molecule has 0 spiro atoms. The van der Waals surface area contributed by atoms with Gasteiger partial charge in [-0.15, -0.1) is 0 Å². The van der Waals surface area contributed by atoms with Crippen molar-refractivity contribution in [3.05, 3.63) is 35.4 Å². The molecule has 3 heteroatoms. The summed E-state index contributed by atoms with van der Waals surface area (Å²) in [5, 5.41) is 10.8. The second kappa shape index (κ2) is 6.91. The molecule has 3 nitrogen and oxygen atoms in total. The third-order valence-electron chi connectivity index (χ3n) is 4.92. The van der Waals surface area contributed by atoms with Crippen LogP contribution in [0.3, 0.4) is 0 Å². The maximum atomic E-state index is 10.8. The van der Waals surface area contributed by atoms with Gasteiger partial charge in [-0.05, 0) is 44.5 Å². The minimum Gasteiger partial charge on any atom is -0.391 e. The highest BCUT2D eigenvalue weighted by atomic mass is 16.5. The fourth-order valence-corrected chi connectivity index (χ4v) is 3.41. The summed E-state index contributed by atoms with van der Waals surface area (Å²) in [4.78, 5) is 2.31. The van der Waals surface area contributed by atoms with Crippen LogP contribution in [0.4, 0.5) is 0 Å². The van der Waals surface area contributed by atoms with Crippen LogP contribution in [-0.4, -0.2) is 41.3 Å². The predicted octanol–water partition coefficient (Wildman–Crippen LogP) is 3.17. The minimum atomic E-state index is -0.409. The van der Waals surface area contributed by atoms with Crippen molar-refractivity contribution < 1.29 is 9.84 Å². The molecule has 2 unspecified atom stereocenters. The van der Waals surface area contributed by atoms with E-state index in [1.165, 1.54) is 11.1 Å². The van der Waals surface area contributed by atoms with Crippen molar-refractivity contribution in [2.45, 2.75) is 58.3 Å². The van der Waals surface area contributed by atoms with Crippen molar-refractivity contribution >= 4 is 0 Å². The number of rotatable bonds is 6. The number of fused-ring (bicyclic) bond motifs is 1. The van der Waals surface area contributed by atoms with Gasteiger partial charge in [-0.1, -0.05) is 38.1 Å². The molecular weight excluding hydrogens is 262 g/mol. The van der Waals surface area contributed by atoms with Crippen LogP contribution in [0.2, 0.25) is 0 Å². The Morgan fingerprint density at radius 2 is 1.95 bits per heavy atom. The normalized spacial score (nSPS) is 20.4. The number of aliphatic hydroxyl groups excluding tert-OH is 1. The molecule has 1 heterocycles. The zero-order valence-electron chi connectivity index (χ0n) is 13.8. The van der Waals surface area contributed by atoms with Crippen LogP contribution >= 0.6 is 0 Å². The Morgan fingerprint density at radius 1 is 1.29 bits per heavy atom. The molecule has 21 heavy (non-hydrogen) atoms. The van der Waals surface area contributed by atoms with Gasteiger partial charge in [0.2, 0.25) is 0 Å². The van der Waals surface area contributed by atoms with Gasteiger partial charge in [0.05, 0.1) is 18.8 Å². The van der Waals surface area contributed by atoms with E-state index in [-0.39, 0.29) is 11.6 Å². The van der Waals surface area contributed by atoms with Gasteiger partial charge in [0.1, 0.15) is 0 Å². The SMILES string of the molecule is CCN(CC)C(C)(C)C(O)CC1OCCc2ccccc21. The largest absolute Gasteiger partial charge is 0.391 e. The fraction of sp³-hybridized carbons (Fsp3) is 0.667. The number of hydrogen-bond donors (Lipinski definition) is 1. The second-order valence-corrected chi connectivity index (χ2v) is 6.39. The van der Waals surface area contributed by atoms with Crippen LogP contribution < -0.4 is 0 Å². The summed E-state index contributed by atoms with van der Waals surface area (Å²) in [6, 6.07) is 8.45. The van der Waals surface area contributed by atoms with Crippen molar-refractivity contribution in [2.75, 3.05) is 19.7 Å². The molecule has 2 atom stereocenters. The smallest absolute Gasteiger partial charge is 0.0853 e. The molecule has 0 aliphatic carbocycles. The number of ether oxygens (including phenoxy) is 1. The van der Waals surface area contributed by atoms with Gasteiger partial charge in [-0.25, -0.2) is 0 Å². The van der Waals surface area contributed by atoms with E-state index in [4.69, 9.17) is 4.74 Å². The Hall–Kier alpha value is -0.900. The van der Waals surface area contributed by atoms with E-state index in [1.54, 1.807) is 0 Å². The third kappa shape index (κ3) is 3.47. The first-order valence-corrected chi connectivity index (χ1v) is 8.13. The maximum absolute atomic E-state index is 10.8. The molecular formula is C18H29NO2. The Balaban J connectivity index is 2.12. The number of likely N-dealkylation sites (N-methyl/N-ethyl adjacent to an activating group) is 1. The van der Waals surface area contributed by atoms with Crippen molar-refractivity contribution in [2.24, 2.45) is 0 Å². The lowest BCUT2D eigenvalue weighted by Gasteiger charge is -2.42. The lowest BCUT2D eigenvalue weighted by Crippen LogP contribution is -2.52. The average Bonchev–Trinajstić information content (AvgIpc) is 2.48. The van der Waals surface area contributed by atoms with Gasteiger partial charge in [0, 0.05) is 12.0 Å². The van der Waals surface area contributed by atoms with Crippen LogP contribution in [-0.2, 0) is 11.2 Å². The van der Waals surface area contributed by atoms with Crippen LogP contribution in [0.15, 0.2) is 24.3 Å². The van der Waals surface area contributed by atoms with Gasteiger partial charge in [-0.3, -0.25) is 4.90 Å². The highest BCUT2D eigenvalue weighted by molar-refractivity contribution is 5.31. The number of nitrogens with zero attached hydrogens (tertiary/aromatic N) is 1. The van der Waals surface area contributed by atoms with Crippen molar-refractivity contribution in [1.82, 2.24) is 4.90 Å². The first kappa shape index (κ1) is 16.5.